The molecule has 0 aromatic heterocycles. The molecule has 0 atom stereocenters. The lowest BCUT2D eigenvalue weighted by molar-refractivity contribution is -0.120. The number of nitrogens with one attached hydrogen (secondary N) is 2. The zero-order chi connectivity index (χ0) is 27.2. The number of para-hydroxylation sites is 1. The molecule has 0 saturated carbocycles. The van der Waals surface area contributed by atoms with Crippen LogP contribution in [0.1, 0.15) is 28.4 Å². The fourth-order valence-corrected chi connectivity index (χ4v) is 4.38. The molecule has 0 aliphatic carbocycles. The molecule has 4 rings (SSSR count). The predicted octanol–water partition coefficient (Wildman–Crippen LogP) is 4.67. The standard InChI is InChI=1S/C29H28ClN3O5/c1-4-19-7-5-6-8-22(19)33-28(35)25(30)26(29(33)36)32-21-12-10-20(11-13-21)27(34)31-16-15-18-9-14-23(37-2)24(17-18)38-3/h5-14,17,32H,4,15-16H2,1-3H3,(H,31,34). The van der Waals surface area contributed by atoms with Gasteiger partial charge < -0.3 is 20.1 Å². The van der Waals surface area contributed by atoms with E-state index in [2.05, 4.69) is 10.6 Å². The molecule has 0 bridgehead atoms. The molecule has 3 amide bonds. The molecule has 2 N–H and O–H groups in total. The van der Waals surface area contributed by atoms with Crippen LogP contribution in [0.2, 0.25) is 0 Å². The molecule has 1 aliphatic rings. The van der Waals surface area contributed by atoms with E-state index in [9.17, 15) is 14.4 Å². The fourth-order valence-electron chi connectivity index (χ4n) is 4.17. The van der Waals surface area contributed by atoms with Gasteiger partial charge in [0.1, 0.15) is 10.7 Å². The van der Waals surface area contributed by atoms with E-state index in [0.29, 0.717) is 47.8 Å². The Morgan fingerprint density at radius 2 is 1.63 bits per heavy atom. The lowest BCUT2D eigenvalue weighted by atomic mass is 10.1. The topological polar surface area (TPSA) is 97.0 Å². The van der Waals surface area contributed by atoms with Crippen molar-refractivity contribution >= 4 is 40.7 Å². The molecule has 0 unspecified atom stereocenters. The van der Waals surface area contributed by atoms with Crippen LogP contribution in [0.5, 0.6) is 11.5 Å². The van der Waals surface area contributed by atoms with Gasteiger partial charge in [0.2, 0.25) is 0 Å². The van der Waals surface area contributed by atoms with Crippen LogP contribution in [0.3, 0.4) is 0 Å². The molecule has 3 aromatic carbocycles. The molecule has 1 aliphatic heterocycles. The first-order valence-electron chi connectivity index (χ1n) is 12.1. The number of carbonyl (C=O) groups excluding carboxylic acids is 3. The van der Waals surface area contributed by atoms with Crippen LogP contribution < -0.4 is 25.0 Å². The van der Waals surface area contributed by atoms with E-state index in [0.717, 1.165) is 16.0 Å². The lowest BCUT2D eigenvalue weighted by Crippen LogP contribution is -2.33. The molecule has 8 nitrogen and oxygen atoms in total. The minimum Gasteiger partial charge on any atom is -0.493 e. The summed E-state index contributed by atoms with van der Waals surface area (Å²) in [5.74, 6) is -0.0601. The summed E-state index contributed by atoms with van der Waals surface area (Å²) in [6.45, 7) is 2.38. The Balaban J connectivity index is 1.37. The van der Waals surface area contributed by atoms with Gasteiger partial charge in [-0.25, -0.2) is 4.90 Å². The summed E-state index contributed by atoms with van der Waals surface area (Å²) in [5.41, 5.74) is 3.34. The zero-order valence-corrected chi connectivity index (χ0v) is 22.1. The van der Waals surface area contributed by atoms with E-state index in [-0.39, 0.29) is 16.6 Å². The summed E-state index contributed by atoms with van der Waals surface area (Å²) in [5, 5.41) is 5.65. The number of aryl methyl sites for hydroxylation is 1. The van der Waals surface area contributed by atoms with E-state index < -0.39 is 11.8 Å². The Morgan fingerprint density at radius 3 is 2.32 bits per heavy atom. The third kappa shape index (κ3) is 5.50. The van der Waals surface area contributed by atoms with Crippen molar-refractivity contribution in [3.63, 3.8) is 0 Å². The molecule has 0 spiro atoms. The van der Waals surface area contributed by atoms with Crippen LogP contribution in [0.25, 0.3) is 0 Å². The first kappa shape index (κ1) is 26.8. The van der Waals surface area contributed by atoms with E-state index in [1.807, 2.05) is 37.3 Å². The third-order valence-corrected chi connectivity index (χ3v) is 6.55. The van der Waals surface area contributed by atoms with Crippen molar-refractivity contribution in [2.24, 2.45) is 0 Å². The Bertz CT molecular complexity index is 1400. The maximum Gasteiger partial charge on any atom is 0.283 e. The number of imide groups is 1. The first-order chi connectivity index (χ1) is 18.4. The van der Waals surface area contributed by atoms with Crippen molar-refractivity contribution in [2.75, 3.05) is 31.0 Å². The van der Waals surface area contributed by atoms with Gasteiger partial charge in [-0.1, -0.05) is 42.8 Å². The van der Waals surface area contributed by atoms with Gasteiger partial charge in [-0.15, -0.1) is 0 Å². The van der Waals surface area contributed by atoms with Crippen molar-refractivity contribution in [3.8, 4) is 11.5 Å². The highest BCUT2D eigenvalue weighted by Gasteiger charge is 2.39. The van der Waals surface area contributed by atoms with Gasteiger partial charge in [-0.2, -0.15) is 0 Å². The van der Waals surface area contributed by atoms with E-state index >= 15 is 0 Å². The van der Waals surface area contributed by atoms with Crippen molar-refractivity contribution in [1.82, 2.24) is 5.32 Å². The minimum absolute atomic E-state index is 0.00491. The highest BCUT2D eigenvalue weighted by Crippen LogP contribution is 2.32. The monoisotopic (exact) mass is 533 g/mol. The summed E-state index contributed by atoms with van der Waals surface area (Å²) in [4.78, 5) is 39.6. The van der Waals surface area contributed by atoms with Crippen molar-refractivity contribution in [3.05, 3.63) is 94.1 Å². The summed E-state index contributed by atoms with van der Waals surface area (Å²) >= 11 is 6.27. The summed E-state index contributed by atoms with van der Waals surface area (Å²) < 4.78 is 10.6. The van der Waals surface area contributed by atoms with E-state index in [1.54, 1.807) is 50.6 Å². The van der Waals surface area contributed by atoms with Crippen LogP contribution >= 0.6 is 11.6 Å². The quantitative estimate of drug-likeness (QED) is 0.367. The summed E-state index contributed by atoms with van der Waals surface area (Å²) in [7, 11) is 3.16. The number of benzene rings is 3. The normalized spacial score (nSPS) is 13.1. The minimum atomic E-state index is -0.578. The number of halogens is 1. The second-order valence-electron chi connectivity index (χ2n) is 8.51. The highest BCUT2D eigenvalue weighted by atomic mass is 35.5. The molecule has 1 heterocycles. The van der Waals surface area contributed by atoms with Gasteiger partial charge in [0.05, 0.1) is 19.9 Å². The lowest BCUT2D eigenvalue weighted by Gasteiger charge is -2.18. The Kier molecular flexibility index (Phi) is 8.33. The molecule has 0 radical (unpaired) electrons. The van der Waals surface area contributed by atoms with Crippen LogP contribution in [0.15, 0.2) is 77.5 Å². The van der Waals surface area contributed by atoms with Crippen LogP contribution in [-0.2, 0) is 22.4 Å². The average molecular weight is 534 g/mol. The molecule has 0 fully saturated rings. The molecule has 3 aromatic rings. The van der Waals surface area contributed by atoms with Crippen LogP contribution in [-0.4, -0.2) is 38.5 Å². The molecule has 9 heteroatoms. The molecule has 0 saturated heterocycles. The number of ether oxygens (including phenoxy) is 2. The molecular formula is C29H28ClN3O5. The Labute approximate surface area is 226 Å². The van der Waals surface area contributed by atoms with Crippen molar-refractivity contribution < 1.29 is 23.9 Å². The predicted molar refractivity (Wildman–Crippen MR) is 147 cm³/mol. The van der Waals surface area contributed by atoms with Crippen LogP contribution in [0, 0.1) is 0 Å². The van der Waals surface area contributed by atoms with Crippen LogP contribution in [0.4, 0.5) is 11.4 Å². The van der Waals surface area contributed by atoms with Gasteiger partial charge in [-0.3, -0.25) is 14.4 Å². The van der Waals surface area contributed by atoms with Crippen molar-refractivity contribution in [1.29, 1.82) is 0 Å². The number of anilines is 2. The number of carbonyl (C=O) groups is 3. The molecule has 38 heavy (non-hydrogen) atoms. The van der Waals surface area contributed by atoms with Gasteiger partial charge in [0.15, 0.2) is 11.5 Å². The SMILES string of the molecule is CCc1ccccc1N1C(=O)C(Cl)=C(Nc2ccc(C(=O)NCCc3ccc(OC)c(OC)c3)cc2)C1=O. The number of amides is 3. The maximum atomic E-state index is 13.1. The second-order valence-corrected chi connectivity index (χ2v) is 8.89. The van der Waals surface area contributed by atoms with Crippen molar-refractivity contribution in [2.45, 2.75) is 19.8 Å². The third-order valence-electron chi connectivity index (χ3n) is 6.20. The van der Waals surface area contributed by atoms with E-state index in [4.69, 9.17) is 21.1 Å². The Hall–Kier alpha value is -4.30. The summed E-state index contributed by atoms with van der Waals surface area (Å²) in [6.07, 6.45) is 1.28. The number of nitrogens with zero attached hydrogens (tertiary/aromatic N) is 1. The number of methoxy groups -OCH3 is 2. The number of rotatable bonds is 10. The zero-order valence-electron chi connectivity index (χ0n) is 21.3. The summed E-state index contributed by atoms with van der Waals surface area (Å²) in [6, 6.07) is 19.4. The smallest absolute Gasteiger partial charge is 0.283 e. The number of hydrogen-bond acceptors (Lipinski definition) is 6. The molecule has 196 valence electrons. The highest BCUT2D eigenvalue weighted by molar-refractivity contribution is 6.53. The number of hydrogen-bond donors (Lipinski definition) is 2. The largest absolute Gasteiger partial charge is 0.493 e. The van der Waals surface area contributed by atoms with Gasteiger partial charge in [0.25, 0.3) is 17.7 Å². The average Bonchev–Trinajstić information content (AvgIpc) is 3.15. The second kappa shape index (κ2) is 11.8. The van der Waals surface area contributed by atoms with Gasteiger partial charge in [0, 0.05) is 17.8 Å². The maximum absolute atomic E-state index is 13.1. The molecular weight excluding hydrogens is 506 g/mol. The van der Waals surface area contributed by atoms with Gasteiger partial charge in [-0.05, 0) is 66.4 Å². The van der Waals surface area contributed by atoms with Gasteiger partial charge >= 0.3 is 0 Å². The first-order valence-corrected chi connectivity index (χ1v) is 12.5. The fraction of sp³-hybridized carbons (Fsp3) is 0.207. The Morgan fingerprint density at radius 1 is 0.921 bits per heavy atom. The van der Waals surface area contributed by atoms with E-state index in [1.165, 1.54) is 0 Å².